The van der Waals surface area contributed by atoms with E-state index in [1.807, 2.05) is 11.9 Å². The lowest BCUT2D eigenvalue weighted by molar-refractivity contribution is 0.102. The van der Waals surface area contributed by atoms with Gasteiger partial charge < -0.3 is 5.32 Å². The first-order chi connectivity index (χ1) is 12.5. The number of halogens is 2. The zero-order chi connectivity index (χ0) is 18.5. The van der Waals surface area contributed by atoms with Crippen LogP contribution in [0, 0.1) is 5.82 Å². The molecule has 134 valence electrons. The van der Waals surface area contributed by atoms with Crippen LogP contribution in [0.1, 0.15) is 20.4 Å². The van der Waals surface area contributed by atoms with Gasteiger partial charge in [0.15, 0.2) is 0 Å². The smallest absolute Gasteiger partial charge is 0.286 e. The van der Waals surface area contributed by atoms with Crippen LogP contribution in [0.15, 0.2) is 48.5 Å². The zero-order valence-electron chi connectivity index (χ0n) is 13.9. The number of benzene rings is 2. The van der Waals surface area contributed by atoms with Gasteiger partial charge in [-0.2, -0.15) is 0 Å². The van der Waals surface area contributed by atoms with Crippen LogP contribution >= 0.6 is 22.9 Å². The molecule has 0 aliphatic rings. The maximum absolute atomic E-state index is 13.0. The first-order valence-corrected chi connectivity index (χ1v) is 9.01. The van der Waals surface area contributed by atoms with Gasteiger partial charge in [-0.1, -0.05) is 35.1 Å². The topological polar surface area (TPSA) is 58.1 Å². The summed E-state index contributed by atoms with van der Waals surface area (Å²) in [6.07, 6.45) is 0. The molecule has 3 aromatic rings. The van der Waals surface area contributed by atoms with Gasteiger partial charge in [0.2, 0.25) is 5.01 Å². The molecule has 0 aliphatic carbocycles. The van der Waals surface area contributed by atoms with E-state index in [1.54, 1.807) is 36.4 Å². The van der Waals surface area contributed by atoms with Gasteiger partial charge in [0, 0.05) is 17.3 Å². The van der Waals surface area contributed by atoms with Crippen LogP contribution in [0.2, 0.25) is 5.02 Å². The largest absolute Gasteiger partial charge is 0.320 e. The average molecular weight is 391 g/mol. The lowest BCUT2D eigenvalue weighted by Crippen LogP contribution is -2.17. The number of aromatic nitrogens is 2. The molecule has 0 atom stereocenters. The minimum absolute atomic E-state index is 0.253. The van der Waals surface area contributed by atoms with Crippen molar-refractivity contribution in [2.45, 2.75) is 13.1 Å². The summed E-state index contributed by atoms with van der Waals surface area (Å²) >= 11 is 7.07. The van der Waals surface area contributed by atoms with Crippen molar-refractivity contribution in [2.75, 3.05) is 12.4 Å². The summed E-state index contributed by atoms with van der Waals surface area (Å²) in [7, 11) is 1.93. The zero-order valence-corrected chi connectivity index (χ0v) is 15.5. The molecule has 3 rings (SSSR count). The molecule has 1 heterocycles. The molecule has 1 amide bonds. The third-order valence-corrected chi connectivity index (χ3v) is 4.69. The van der Waals surface area contributed by atoms with Gasteiger partial charge in [0.25, 0.3) is 5.91 Å². The molecule has 0 spiro atoms. The van der Waals surface area contributed by atoms with Gasteiger partial charge in [-0.05, 0) is 49.0 Å². The lowest BCUT2D eigenvalue weighted by Gasteiger charge is -2.14. The van der Waals surface area contributed by atoms with E-state index in [1.165, 1.54) is 23.5 Å². The monoisotopic (exact) mass is 390 g/mol. The number of hydrogen-bond acceptors (Lipinski definition) is 5. The molecule has 26 heavy (non-hydrogen) atoms. The predicted octanol–water partition coefficient (Wildman–Crippen LogP) is 4.21. The molecule has 0 fully saturated rings. The fourth-order valence-electron chi connectivity index (χ4n) is 2.32. The molecule has 8 heteroatoms. The second-order valence-electron chi connectivity index (χ2n) is 5.76. The van der Waals surface area contributed by atoms with E-state index in [2.05, 4.69) is 15.5 Å². The molecule has 1 aromatic heterocycles. The maximum atomic E-state index is 13.0. The van der Waals surface area contributed by atoms with Gasteiger partial charge in [-0.25, -0.2) is 4.39 Å². The van der Waals surface area contributed by atoms with Crippen molar-refractivity contribution in [1.82, 2.24) is 15.1 Å². The third kappa shape index (κ3) is 5.08. The number of amides is 1. The van der Waals surface area contributed by atoms with Crippen LogP contribution in [0.5, 0.6) is 0 Å². The first-order valence-electron chi connectivity index (χ1n) is 7.82. The highest BCUT2D eigenvalue weighted by molar-refractivity contribution is 7.13. The highest BCUT2D eigenvalue weighted by atomic mass is 35.5. The van der Waals surface area contributed by atoms with Crippen molar-refractivity contribution in [3.8, 4) is 0 Å². The van der Waals surface area contributed by atoms with Crippen LogP contribution < -0.4 is 5.32 Å². The summed E-state index contributed by atoms with van der Waals surface area (Å²) < 4.78 is 13.0. The SMILES string of the molecule is CN(Cc1ccc(F)cc1)Cc1nnc(C(=O)Nc2ccc(Cl)cc2)s1. The number of anilines is 1. The van der Waals surface area contributed by atoms with Gasteiger partial charge in [-0.3, -0.25) is 9.69 Å². The number of nitrogens with one attached hydrogen (secondary N) is 1. The molecule has 1 N–H and O–H groups in total. The Balaban J connectivity index is 1.57. The van der Waals surface area contributed by atoms with Crippen LogP contribution in [0.3, 0.4) is 0 Å². The molecular weight excluding hydrogens is 375 g/mol. The molecule has 5 nitrogen and oxygen atoms in total. The van der Waals surface area contributed by atoms with Crippen molar-refractivity contribution < 1.29 is 9.18 Å². The second-order valence-corrected chi connectivity index (χ2v) is 7.26. The Labute approximate surface area is 159 Å². The van der Waals surface area contributed by atoms with Crippen molar-refractivity contribution in [1.29, 1.82) is 0 Å². The minimum atomic E-state index is -0.308. The second kappa shape index (κ2) is 8.35. The van der Waals surface area contributed by atoms with E-state index >= 15 is 0 Å². The Morgan fingerprint density at radius 3 is 2.50 bits per heavy atom. The molecule has 0 saturated carbocycles. The van der Waals surface area contributed by atoms with E-state index in [9.17, 15) is 9.18 Å². The van der Waals surface area contributed by atoms with Crippen molar-refractivity contribution in [2.24, 2.45) is 0 Å². The third-order valence-electron chi connectivity index (χ3n) is 3.53. The van der Waals surface area contributed by atoms with Crippen LogP contribution in [0.25, 0.3) is 0 Å². The summed E-state index contributed by atoms with van der Waals surface area (Å²) in [4.78, 5) is 14.3. The van der Waals surface area contributed by atoms with Crippen LogP contribution in [-0.4, -0.2) is 28.1 Å². The van der Waals surface area contributed by atoms with E-state index in [-0.39, 0.29) is 11.7 Å². The minimum Gasteiger partial charge on any atom is -0.320 e. The number of carbonyl (C=O) groups excluding carboxylic acids is 1. The summed E-state index contributed by atoms with van der Waals surface area (Å²) in [5.74, 6) is -0.561. The van der Waals surface area contributed by atoms with Gasteiger partial charge in [0.05, 0.1) is 6.54 Å². The Morgan fingerprint density at radius 2 is 1.81 bits per heavy atom. The standard InChI is InChI=1S/C18H16ClFN4OS/c1-24(10-12-2-6-14(20)7-3-12)11-16-22-23-18(26-16)17(25)21-15-8-4-13(19)5-9-15/h2-9H,10-11H2,1H3,(H,21,25). The molecule has 0 saturated heterocycles. The van der Waals surface area contributed by atoms with Gasteiger partial charge >= 0.3 is 0 Å². The molecule has 2 aromatic carbocycles. The van der Waals surface area contributed by atoms with Gasteiger partial charge in [0.1, 0.15) is 10.8 Å². The van der Waals surface area contributed by atoms with Crippen LogP contribution in [-0.2, 0) is 13.1 Å². The molecule has 0 aliphatic heterocycles. The molecule has 0 bridgehead atoms. The normalized spacial score (nSPS) is 10.9. The molecule has 0 unspecified atom stereocenters. The fraction of sp³-hybridized carbons (Fsp3) is 0.167. The Bertz CT molecular complexity index is 883. The number of nitrogens with zero attached hydrogens (tertiary/aromatic N) is 3. The van der Waals surface area contributed by atoms with Gasteiger partial charge in [-0.15, -0.1) is 10.2 Å². The van der Waals surface area contributed by atoms with E-state index in [4.69, 9.17) is 11.6 Å². The summed E-state index contributed by atoms with van der Waals surface area (Å²) in [5, 5.41) is 12.4. The Hall–Kier alpha value is -2.35. The fourth-order valence-corrected chi connectivity index (χ4v) is 3.26. The van der Waals surface area contributed by atoms with Crippen molar-refractivity contribution in [3.05, 3.63) is 74.9 Å². The predicted molar refractivity (Wildman–Crippen MR) is 101 cm³/mol. The number of hydrogen-bond donors (Lipinski definition) is 1. The summed E-state index contributed by atoms with van der Waals surface area (Å²) in [6, 6.07) is 13.2. The quantitative estimate of drug-likeness (QED) is 0.684. The number of carbonyl (C=O) groups is 1. The van der Waals surface area contributed by atoms with E-state index in [0.29, 0.717) is 28.8 Å². The highest BCUT2D eigenvalue weighted by Crippen LogP contribution is 2.17. The lowest BCUT2D eigenvalue weighted by atomic mass is 10.2. The van der Waals surface area contributed by atoms with E-state index < -0.39 is 0 Å². The number of rotatable bonds is 6. The summed E-state index contributed by atoms with van der Waals surface area (Å²) in [6.45, 7) is 1.19. The Morgan fingerprint density at radius 1 is 1.12 bits per heavy atom. The molecular formula is C18H16ClFN4OS. The highest BCUT2D eigenvalue weighted by Gasteiger charge is 2.14. The van der Waals surface area contributed by atoms with Crippen molar-refractivity contribution in [3.63, 3.8) is 0 Å². The Kier molecular flexibility index (Phi) is 5.92. The van der Waals surface area contributed by atoms with Crippen molar-refractivity contribution >= 4 is 34.5 Å². The average Bonchev–Trinajstić information content (AvgIpc) is 3.07. The van der Waals surface area contributed by atoms with E-state index in [0.717, 1.165) is 10.6 Å². The maximum Gasteiger partial charge on any atom is 0.286 e. The van der Waals surface area contributed by atoms with Crippen LogP contribution in [0.4, 0.5) is 10.1 Å². The molecule has 0 radical (unpaired) electrons. The summed E-state index contributed by atoms with van der Waals surface area (Å²) in [5.41, 5.74) is 1.64. The first kappa shape index (κ1) is 18.4.